The maximum absolute atomic E-state index is 13.0. The molecule has 0 spiro atoms. The van der Waals surface area contributed by atoms with Crippen molar-refractivity contribution in [2.24, 2.45) is 0 Å². The number of nitrogens with zero attached hydrogens (tertiary/aromatic N) is 3. The van der Waals surface area contributed by atoms with E-state index in [9.17, 15) is 14.7 Å². The van der Waals surface area contributed by atoms with E-state index in [1.54, 1.807) is 30.3 Å². The minimum absolute atomic E-state index is 0.0398. The van der Waals surface area contributed by atoms with Gasteiger partial charge < -0.3 is 9.52 Å². The fraction of sp³-hybridized carbons (Fsp3) is 0.111. The van der Waals surface area contributed by atoms with Crippen LogP contribution < -0.4 is 4.90 Å². The van der Waals surface area contributed by atoms with Gasteiger partial charge >= 0.3 is 0 Å². The monoisotopic (exact) mass is 399 g/mol. The average Bonchev–Trinajstić information content (AvgIpc) is 3.43. The summed E-state index contributed by atoms with van der Waals surface area (Å²) >= 11 is 2.62. The quantitative estimate of drug-likeness (QED) is 0.397. The molecular weight excluding hydrogens is 386 g/mol. The first-order valence-electron chi connectivity index (χ1n) is 7.89. The van der Waals surface area contributed by atoms with Crippen LogP contribution in [0.15, 0.2) is 68.8 Å². The number of thioether (sulfide) groups is 1. The summed E-state index contributed by atoms with van der Waals surface area (Å²) in [5, 5.41) is 18.9. The highest BCUT2D eigenvalue weighted by Gasteiger charge is 2.46. The highest BCUT2D eigenvalue weighted by atomic mass is 32.2. The molecule has 9 heteroatoms. The van der Waals surface area contributed by atoms with Crippen molar-refractivity contribution in [3.63, 3.8) is 0 Å². The molecule has 4 rings (SSSR count). The number of ketones is 1. The number of aliphatic hydroxyl groups is 1. The van der Waals surface area contributed by atoms with Crippen LogP contribution in [0.4, 0.5) is 5.13 Å². The van der Waals surface area contributed by atoms with E-state index in [1.807, 2.05) is 12.3 Å². The van der Waals surface area contributed by atoms with Crippen LogP contribution in [0.25, 0.3) is 0 Å². The lowest BCUT2D eigenvalue weighted by Crippen LogP contribution is -2.31. The number of hydrogen-bond donors (Lipinski definition) is 1. The summed E-state index contributed by atoms with van der Waals surface area (Å²) in [6.45, 7) is 0. The number of anilines is 1. The molecule has 0 saturated carbocycles. The minimum Gasteiger partial charge on any atom is -0.503 e. The van der Waals surface area contributed by atoms with Gasteiger partial charge in [-0.3, -0.25) is 14.5 Å². The number of benzene rings is 1. The summed E-state index contributed by atoms with van der Waals surface area (Å²) in [6.07, 6.45) is 3.22. The molecule has 2 aromatic heterocycles. The Hall–Kier alpha value is -2.91. The lowest BCUT2D eigenvalue weighted by atomic mass is 9.95. The van der Waals surface area contributed by atoms with E-state index in [2.05, 4.69) is 10.2 Å². The first-order chi connectivity index (χ1) is 13.1. The van der Waals surface area contributed by atoms with Crippen molar-refractivity contribution in [3.8, 4) is 0 Å². The van der Waals surface area contributed by atoms with Crippen LogP contribution in [-0.4, -0.2) is 33.3 Å². The van der Waals surface area contributed by atoms with Gasteiger partial charge in [0.1, 0.15) is 0 Å². The van der Waals surface area contributed by atoms with Crippen LogP contribution in [0.5, 0.6) is 0 Å². The standard InChI is InChI=1S/C18H13N3O4S2/c1-26-18-20-19-17(27-18)21-13(10-6-3-2-4-7-10)12(15(23)16(21)24)14(22)11-8-5-9-25-11/h2-9,13,23H,1H3/t13-/m1/s1. The normalized spacial score (nSPS) is 17.0. The van der Waals surface area contributed by atoms with Gasteiger partial charge in [0.15, 0.2) is 15.9 Å². The fourth-order valence-electron chi connectivity index (χ4n) is 2.91. The largest absolute Gasteiger partial charge is 0.503 e. The number of hydrogen-bond acceptors (Lipinski definition) is 8. The smallest absolute Gasteiger partial charge is 0.296 e. The van der Waals surface area contributed by atoms with Crippen LogP contribution >= 0.6 is 23.1 Å². The Morgan fingerprint density at radius 3 is 2.63 bits per heavy atom. The van der Waals surface area contributed by atoms with Crippen LogP contribution in [0.2, 0.25) is 0 Å². The molecule has 0 unspecified atom stereocenters. The van der Waals surface area contributed by atoms with Gasteiger partial charge in [0, 0.05) is 0 Å². The Kier molecular flexibility index (Phi) is 4.54. The molecule has 1 amide bonds. The summed E-state index contributed by atoms with van der Waals surface area (Å²) in [7, 11) is 0. The van der Waals surface area contributed by atoms with Crippen LogP contribution in [-0.2, 0) is 4.79 Å². The molecule has 0 radical (unpaired) electrons. The molecule has 3 aromatic rings. The molecule has 0 bridgehead atoms. The molecule has 3 heterocycles. The lowest BCUT2D eigenvalue weighted by Gasteiger charge is -2.23. The second-order valence-electron chi connectivity index (χ2n) is 5.61. The number of aliphatic hydroxyl groups excluding tert-OH is 1. The van der Waals surface area contributed by atoms with E-state index in [0.717, 1.165) is 0 Å². The Morgan fingerprint density at radius 1 is 1.22 bits per heavy atom. The van der Waals surface area contributed by atoms with E-state index in [4.69, 9.17) is 4.42 Å². The molecular formula is C18H13N3O4S2. The molecule has 0 saturated heterocycles. The van der Waals surface area contributed by atoms with Crippen LogP contribution in [0, 0.1) is 0 Å². The summed E-state index contributed by atoms with van der Waals surface area (Å²) in [5.74, 6) is -1.79. The predicted octanol–water partition coefficient (Wildman–Crippen LogP) is 3.64. The van der Waals surface area contributed by atoms with Crippen molar-refractivity contribution < 1.29 is 19.1 Å². The second-order valence-corrected chi connectivity index (χ2v) is 7.62. The van der Waals surface area contributed by atoms with Gasteiger partial charge in [0.05, 0.1) is 17.9 Å². The van der Waals surface area contributed by atoms with Crippen LogP contribution in [0.3, 0.4) is 0 Å². The maximum Gasteiger partial charge on any atom is 0.296 e. The van der Waals surface area contributed by atoms with E-state index in [-0.39, 0.29) is 11.3 Å². The lowest BCUT2D eigenvalue weighted by molar-refractivity contribution is -0.117. The highest BCUT2D eigenvalue weighted by molar-refractivity contribution is 8.00. The summed E-state index contributed by atoms with van der Waals surface area (Å²) in [6, 6.07) is 11.3. The number of carbonyl (C=O) groups excluding carboxylic acids is 2. The first kappa shape index (κ1) is 17.5. The Balaban J connectivity index is 1.86. The van der Waals surface area contributed by atoms with Crippen molar-refractivity contribution in [1.82, 2.24) is 10.2 Å². The molecule has 136 valence electrons. The molecule has 1 aliphatic heterocycles. The van der Waals surface area contributed by atoms with Crippen molar-refractivity contribution in [2.75, 3.05) is 11.2 Å². The summed E-state index contributed by atoms with van der Waals surface area (Å²) < 4.78 is 5.86. The molecule has 0 fully saturated rings. The Bertz CT molecular complexity index is 1030. The molecule has 7 nitrogen and oxygen atoms in total. The molecule has 1 aliphatic rings. The van der Waals surface area contributed by atoms with Crippen molar-refractivity contribution in [1.29, 1.82) is 0 Å². The van der Waals surface area contributed by atoms with Gasteiger partial charge in [-0.05, 0) is 24.0 Å². The third-order valence-electron chi connectivity index (χ3n) is 4.09. The Labute approximate surface area is 162 Å². The van der Waals surface area contributed by atoms with E-state index >= 15 is 0 Å². The minimum atomic E-state index is -0.820. The topological polar surface area (TPSA) is 96.5 Å². The van der Waals surface area contributed by atoms with Gasteiger partial charge in [-0.2, -0.15) is 0 Å². The number of furan rings is 1. The van der Waals surface area contributed by atoms with E-state index in [0.29, 0.717) is 15.0 Å². The maximum atomic E-state index is 13.0. The van der Waals surface area contributed by atoms with Gasteiger partial charge in [-0.15, -0.1) is 10.2 Å². The highest BCUT2D eigenvalue weighted by Crippen LogP contribution is 2.43. The molecule has 27 heavy (non-hydrogen) atoms. The number of amides is 1. The zero-order valence-corrected chi connectivity index (χ0v) is 15.7. The number of Topliss-reactive ketones (excluding diaryl/α,β-unsaturated/α-hetero) is 1. The summed E-state index contributed by atoms with van der Waals surface area (Å²) in [4.78, 5) is 27.1. The van der Waals surface area contributed by atoms with Gasteiger partial charge in [0.25, 0.3) is 5.91 Å². The van der Waals surface area contributed by atoms with Gasteiger partial charge in [-0.1, -0.05) is 53.4 Å². The number of carbonyl (C=O) groups is 2. The average molecular weight is 399 g/mol. The van der Waals surface area contributed by atoms with Crippen molar-refractivity contribution in [3.05, 3.63) is 71.4 Å². The predicted molar refractivity (Wildman–Crippen MR) is 101 cm³/mol. The van der Waals surface area contributed by atoms with Crippen molar-refractivity contribution in [2.45, 2.75) is 10.4 Å². The fourth-order valence-corrected chi connectivity index (χ4v) is 4.19. The summed E-state index contributed by atoms with van der Waals surface area (Å²) in [5.41, 5.74) is 0.632. The van der Waals surface area contributed by atoms with Gasteiger partial charge in [-0.25, -0.2) is 0 Å². The van der Waals surface area contributed by atoms with E-state index in [1.165, 1.54) is 40.3 Å². The second kappa shape index (κ2) is 7.01. The SMILES string of the molecule is CSc1nnc(N2C(=O)C(O)=C(C(=O)c3ccco3)[C@H]2c2ccccc2)s1. The number of rotatable bonds is 5. The third kappa shape index (κ3) is 2.94. The molecule has 1 atom stereocenters. The molecule has 1 N–H and O–H groups in total. The Morgan fingerprint density at radius 2 is 2.00 bits per heavy atom. The third-order valence-corrected chi connectivity index (χ3v) is 5.99. The number of aromatic nitrogens is 2. The first-order valence-corrected chi connectivity index (χ1v) is 9.93. The van der Waals surface area contributed by atoms with Crippen molar-refractivity contribution >= 4 is 39.9 Å². The zero-order chi connectivity index (χ0) is 19.0. The molecule has 0 aliphatic carbocycles. The van der Waals surface area contributed by atoms with Gasteiger partial charge in [0.2, 0.25) is 10.9 Å². The molecule has 1 aromatic carbocycles. The zero-order valence-electron chi connectivity index (χ0n) is 14.0. The van der Waals surface area contributed by atoms with Crippen LogP contribution in [0.1, 0.15) is 22.2 Å². The van der Waals surface area contributed by atoms with E-state index < -0.39 is 23.5 Å².